The number of furan rings is 1. The van der Waals surface area contributed by atoms with Crippen molar-refractivity contribution in [1.82, 2.24) is 19.5 Å². The molecule has 0 aliphatic heterocycles. The monoisotopic (exact) mass is 396 g/mol. The van der Waals surface area contributed by atoms with Crippen molar-refractivity contribution in [2.24, 2.45) is 0 Å². The Morgan fingerprint density at radius 3 is 2.86 bits per heavy atom. The summed E-state index contributed by atoms with van der Waals surface area (Å²) in [6.07, 6.45) is 2.90. The summed E-state index contributed by atoms with van der Waals surface area (Å²) in [5, 5.41) is 7.17. The largest absolute Gasteiger partial charge is 0.463 e. The van der Waals surface area contributed by atoms with E-state index in [0.717, 1.165) is 11.3 Å². The Labute approximate surface area is 165 Å². The van der Waals surface area contributed by atoms with Crippen molar-refractivity contribution in [3.63, 3.8) is 0 Å². The van der Waals surface area contributed by atoms with E-state index in [1.165, 1.54) is 10.7 Å². The van der Waals surface area contributed by atoms with Crippen LogP contribution in [-0.2, 0) is 24.3 Å². The number of aryl methyl sites for hydroxylation is 2. The van der Waals surface area contributed by atoms with Crippen LogP contribution >= 0.6 is 0 Å². The average Bonchev–Trinajstić information content (AvgIpc) is 3.31. The predicted octanol–water partition coefficient (Wildman–Crippen LogP) is 3.04. The first kappa shape index (κ1) is 18.9. The number of nitrogens with one attached hydrogen (secondary N) is 1. The van der Waals surface area contributed by atoms with Crippen molar-refractivity contribution in [3.8, 4) is 0 Å². The smallest absolute Gasteiger partial charge is 0.291 e. The van der Waals surface area contributed by atoms with Gasteiger partial charge in [0.15, 0.2) is 5.58 Å². The summed E-state index contributed by atoms with van der Waals surface area (Å²) in [4.78, 5) is 24.8. The number of fused-ring (bicyclic) bond motifs is 3. The maximum absolute atomic E-state index is 13.6. The molecule has 0 radical (unpaired) electrons. The highest BCUT2D eigenvalue weighted by Gasteiger charge is 2.15. The van der Waals surface area contributed by atoms with Crippen LogP contribution in [0.3, 0.4) is 0 Å². The molecule has 0 saturated heterocycles. The van der Waals surface area contributed by atoms with Crippen LogP contribution in [0, 0.1) is 5.82 Å². The van der Waals surface area contributed by atoms with Crippen LogP contribution in [0.1, 0.15) is 31.2 Å². The van der Waals surface area contributed by atoms with Crippen LogP contribution in [0.2, 0.25) is 0 Å². The first-order chi connectivity index (χ1) is 14.1. The van der Waals surface area contributed by atoms with Crippen LogP contribution < -0.4 is 10.9 Å². The van der Waals surface area contributed by atoms with E-state index in [2.05, 4.69) is 10.4 Å². The Balaban J connectivity index is 1.43. The van der Waals surface area contributed by atoms with E-state index in [1.807, 2.05) is 17.4 Å². The highest BCUT2D eigenvalue weighted by molar-refractivity contribution is 5.82. The van der Waals surface area contributed by atoms with Gasteiger partial charge in [-0.2, -0.15) is 5.10 Å². The molecule has 0 fully saturated rings. The number of rotatable bonds is 7. The highest BCUT2D eigenvalue weighted by atomic mass is 19.1. The standard InChI is InChI=1S/C21H21FN4O3/c1-2-19-24-25(21(28)17-12-18-16(26(17)19)9-11-29-18)10-5-8-20(27)23-13-14-6-3-4-7-15(14)22/h3-4,6-7,9,11-12H,2,5,8,10,13H2,1H3,(H,23,27). The minimum absolute atomic E-state index is 0.138. The van der Waals surface area contributed by atoms with E-state index in [-0.39, 0.29) is 30.2 Å². The Kier molecular flexibility index (Phi) is 5.16. The topological polar surface area (TPSA) is 81.5 Å². The molecule has 150 valence electrons. The fourth-order valence-electron chi connectivity index (χ4n) is 3.42. The molecule has 1 amide bonds. The van der Waals surface area contributed by atoms with E-state index in [9.17, 15) is 14.0 Å². The molecule has 4 rings (SSSR count). The van der Waals surface area contributed by atoms with Gasteiger partial charge in [0.25, 0.3) is 5.56 Å². The zero-order chi connectivity index (χ0) is 20.4. The number of halogens is 1. The van der Waals surface area contributed by atoms with Crippen LogP contribution in [0.25, 0.3) is 16.6 Å². The molecule has 0 spiro atoms. The molecule has 29 heavy (non-hydrogen) atoms. The number of hydrogen-bond donors (Lipinski definition) is 1. The maximum atomic E-state index is 13.6. The summed E-state index contributed by atoms with van der Waals surface area (Å²) in [7, 11) is 0. The number of aromatic nitrogens is 3. The number of carbonyl (C=O) groups excluding carboxylic acids is 1. The normalized spacial score (nSPS) is 11.4. The molecule has 3 aromatic heterocycles. The van der Waals surface area contributed by atoms with Crippen molar-refractivity contribution in [3.05, 3.63) is 70.2 Å². The average molecular weight is 396 g/mol. The Hall–Kier alpha value is -3.42. The van der Waals surface area contributed by atoms with Crippen LogP contribution in [0.5, 0.6) is 0 Å². The number of amides is 1. The molecule has 0 atom stereocenters. The van der Waals surface area contributed by atoms with E-state index in [0.29, 0.717) is 36.0 Å². The minimum atomic E-state index is -0.345. The van der Waals surface area contributed by atoms with Crippen molar-refractivity contribution in [2.75, 3.05) is 0 Å². The Bertz CT molecular complexity index is 1240. The van der Waals surface area contributed by atoms with Gasteiger partial charge in [-0.25, -0.2) is 9.07 Å². The summed E-state index contributed by atoms with van der Waals surface area (Å²) in [6, 6.07) is 9.86. The summed E-state index contributed by atoms with van der Waals surface area (Å²) in [6.45, 7) is 2.43. The second-order valence-corrected chi connectivity index (χ2v) is 6.80. The first-order valence-corrected chi connectivity index (χ1v) is 9.57. The fraction of sp³-hybridized carbons (Fsp3) is 0.286. The van der Waals surface area contributed by atoms with Gasteiger partial charge in [-0.15, -0.1) is 0 Å². The Morgan fingerprint density at radius 1 is 1.24 bits per heavy atom. The number of hydrogen-bond acceptors (Lipinski definition) is 4. The highest BCUT2D eigenvalue weighted by Crippen LogP contribution is 2.20. The third-order valence-electron chi connectivity index (χ3n) is 4.89. The summed E-state index contributed by atoms with van der Waals surface area (Å²) >= 11 is 0. The van der Waals surface area contributed by atoms with E-state index < -0.39 is 0 Å². The second kappa shape index (κ2) is 7.90. The molecule has 0 unspecified atom stereocenters. The molecule has 0 saturated carbocycles. The lowest BCUT2D eigenvalue weighted by molar-refractivity contribution is -0.121. The second-order valence-electron chi connectivity index (χ2n) is 6.80. The van der Waals surface area contributed by atoms with Gasteiger partial charge in [0.05, 0.1) is 11.8 Å². The molecule has 7 nitrogen and oxygen atoms in total. The third-order valence-corrected chi connectivity index (χ3v) is 4.89. The lowest BCUT2D eigenvalue weighted by atomic mass is 10.2. The van der Waals surface area contributed by atoms with Gasteiger partial charge in [-0.1, -0.05) is 25.1 Å². The van der Waals surface area contributed by atoms with Gasteiger partial charge in [0.2, 0.25) is 5.91 Å². The number of carbonyl (C=O) groups is 1. The molecule has 8 heteroatoms. The minimum Gasteiger partial charge on any atom is -0.463 e. The summed E-state index contributed by atoms with van der Waals surface area (Å²) in [5.74, 6) is 0.208. The zero-order valence-corrected chi connectivity index (χ0v) is 16.0. The molecule has 0 bridgehead atoms. The molecular formula is C21H21FN4O3. The molecule has 0 aliphatic rings. The first-order valence-electron chi connectivity index (χ1n) is 9.57. The molecule has 0 aliphatic carbocycles. The lowest BCUT2D eigenvalue weighted by Gasteiger charge is -2.10. The van der Waals surface area contributed by atoms with Crippen molar-refractivity contribution < 1.29 is 13.6 Å². The van der Waals surface area contributed by atoms with Gasteiger partial charge in [0.1, 0.15) is 17.2 Å². The summed E-state index contributed by atoms with van der Waals surface area (Å²) < 4.78 is 22.2. The SMILES string of the molecule is CCc1nn(CCCC(=O)NCc2ccccc2F)c(=O)c2cc3occc3n12. The fourth-order valence-corrected chi connectivity index (χ4v) is 3.42. The van der Waals surface area contributed by atoms with Gasteiger partial charge >= 0.3 is 0 Å². The predicted molar refractivity (Wildman–Crippen MR) is 106 cm³/mol. The van der Waals surface area contributed by atoms with E-state index in [1.54, 1.807) is 30.5 Å². The van der Waals surface area contributed by atoms with Crippen LogP contribution in [-0.4, -0.2) is 20.1 Å². The van der Waals surface area contributed by atoms with Crippen molar-refractivity contribution in [2.45, 2.75) is 39.3 Å². The van der Waals surface area contributed by atoms with E-state index >= 15 is 0 Å². The quantitative estimate of drug-likeness (QED) is 0.521. The van der Waals surface area contributed by atoms with Gasteiger partial charge in [-0.05, 0) is 12.5 Å². The van der Waals surface area contributed by atoms with Gasteiger partial charge in [0, 0.05) is 43.6 Å². The van der Waals surface area contributed by atoms with Crippen LogP contribution in [0.15, 0.2) is 51.9 Å². The van der Waals surface area contributed by atoms with Crippen molar-refractivity contribution >= 4 is 22.5 Å². The van der Waals surface area contributed by atoms with Gasteiger partial charge in [-0.3, -0.25) is 14.0 Å². The number of benzene rings is 1. The molecule has 4 aromatic rings. The maximum Gasteiger partial charge on any atom is 0.291 e. The lowest BCUT2D eigenvalue weighted by Crippen LogP contribution is -2.28. The zero-order valence-electron chi connectivity index (χ0n) is 16.0. The van der Waals surface area contributed by atoms with Crippen molar-refractivity contribution in [1.29, 1.82) is 0 Å². The summed E-state index contributed by atoms with van der Waals surface area (Å²) in [5.41, 5.74) is 2.19. The number of nitrogens with zero attached hydrogens (tertiary/aromatic N) is 3. The molecule has 1 N–H and O–H groups in total. The molecular weight excluding hydrogens is 375 g/mol. The molecule has 3 heterocycles. The van der Waals surface area contributed by atoms with Gasteiger partial charge < -0.3 is 9.73 Å². The Morgan fingerprint density at radius 2 is 2.07 bits per heavy atom. The molecule has 1 aromatic carbocycles. The van der Waals surface area contributed by atoms with Crippen LogP contribution in [0.4, 0.5) is 4.39 Å². The van der Waals surface area contributed by atoms with E-state index in [4.69, 9.17) is 4.42 Å². The third kappa shape index (κ3) is 3.65.